The van der Waals surface area contributed by atoms with Crippen molar-refractivity contribution in [1.82, 2.24) is 9.88 Å². The Morgan fingerprint density at radius 2 is 1.73 bits per heavy atom. The van der Waals surface area contributed by atoms with E-state index in [2.05, 4.69) is 28.1 Å². The number of amides is 1. The fourth-order valence-electron chi connectivity index (χ4n) is 3.35. The van der Waals surface area contributed by atoms with Crippen molar-refractivity contribution >= 4 is 67.4 Å². The molecule has 4 nitrogen and oxygen atoms in total. The number of hydrogen-bond acceptors (Lipinski definition) is 4. The van der Waals surface area contributed by atoms with Crippen LogP contribution in [0.4, 0.5) is 5.13 Å². The van der Waals surface area contributed by atoms with Crippen LogP contribution in [0.1, 0.15) is 5.56 Å². The van der Waals surface area contributed by atoms with Gasteiger partial charge in [0.25, 0.3) is 0 Å². The van der Waals surface area contributed by atoms with Crippen LogP contribution in [-0.4, -0.2) is 43.0 Å². The topological polar surface area (TPSA) is 36.4 Å². The molecule has 30 heavy (non-hydrogen) atoms. The zero-order valence-corrected chi connectivity index (χ0v) is 19.2. The van der Waals surface area contributed by atoms with E-state index in [0.717, 1.165) is 33.1 Å². The second kappa shape index (κ2) is 9.75. The Morgan fingerprint density at radius 3 is 2.50 bits per heavy atom. The lowest BCUT2D eigenvalue weighted by Gasteiger charge is -2.22. The molecule has 0 bridgehead atoms. The van der Waals surface area contributed by atoms with Gasteiger partial charge in [0.15, 0.2) is 5.13 Å². The van der Waals surface area contributed by atoms with Gasteiger partial charge in [0, 0.05) is 13.1 Å². The van der Waals surface area contributed by atoms with Gasteiger partial charge in [-0.1, -0.05) is 71.5 Å². The van der Waals surface area contributed by atoms with Crippen molar-refractivity contribution < 1.29 is 4.79 Å². The number of rotatable bonds is 6. The number of benzene rings is 3. The van der Waals surface area contributed by atoms with Gasteiger partial charge in [0.05, 0.1) is 16.1 Å². The number of fused-ring (bicyclic) bond motifs is 2. The largest absolute Gasteiger partial charge is 0.308 e. The third kappa shape index (κ3) is 4.76. The Bertz CT molecular complexity index is 1170. The SMILES string of the molecule is CN(C)CCN(C(=O)Cc1cccc2ccccc12)c1nc2c(Cl)cccc2s1.Cl. The number of thiazole rings is 1. The molecule has 0 spiro atoms. The van der Waals surface area contributed by atoms with Crippen LogP contribution >= 0.6 is 35.3 Å². The number of carbonyl (C=O) groups excluding carboxylic acids is 1. The Kier molecular flexibility index (Phi) is 7.32. The van der Waals surface area contributed by atoms with Gasteiger partial charge in [-0.3, -0.25) is 9.69 Å². The molecule has 0 saturated carbocycles. The zero-order chi connectivity index (χ0) is 20.4. The molecule has 7 heteroatoms. The van der Waals surface area contributed by atoms with E-state index in [9.17, 15) is 4.79 Å². The molecule has 1 heterocycles. The fourth-order valence-corrected chi connectivity index (χ4v) is 4.66. The van der Waals surface area contributed by atoms with Crippen molar-refractivity contribution in [2.24, 2.45) is 0 Å². The second-order valence-corrected chi connectivity index (χ2v) is 8.66. The molecule has 0 radical (unpaired) electrons. The van der Waals surface area contributed by atoms with Crippen LogP contribution in [0.25, 0.3) is 21.0 Å². The first-order valence-corrected chi connectivity index (χ1v) is 10.7. The summed E-state index contributed by atoms with van der Waals surface area (Å²) in [6, 6.07) is 20.0. The molecule has 0 unspecified atom stereocenters. The third-order valence-electron chi connectivity index (χ3n) is 4.88. The van der Waals surface area contributed by atoms with E-state index in [1.165, 1.54) is 11.3 Å². The van der Waals surface area contributed by atoms with Gasteiger partial charge in [0.2, 0.25) is 5.91 Å². The van der Waals surface area contributed by atoms with Crippen molar-refractivity contribution in [3.63, 3.8) is 0 Å². The van der Waals surface area contributed by atoms with E-state index < -0.39 is 0 Å². The molecule has 0 fully saturated rings. The minimum absolute atomic E-state index is 0. The molecule has 0 aliphatic heterocycles. The predicted molar refractivity (Wildman–Crippen MR) is 130 cm³/mol. The number of aromatic nitrogens is 1. The summed E-state index contributed by atoms with van der Waals surface area (Å²) in [5.41, 5.74) is 1.78. The van der Waals surface area contributed by atoms with Gasteiger partial charge < -0.3 is 4.90 Å². The molecule has 0 atom stereocenters. The first-order chi connectivity index (χ1) is 14.0. The Hall–Kier alpha value is -2.18. The average molecular weight is 460 g/mol. The molecule has 0 saturated heterocycles. The standard InChI is InChI=1S/C23H22ClN3OS.ClH/c1-26(2)13-14-27(23-25-22-19(24)11-6-12-20(22)29-23)21(28)15-17-9-5-8-16-7-3-4-10-18(16)17;/h3-12H,13-15H2,1-2H3;1H. The van der Waals surface area contributed by atoms with Crippen LogP contribution in [0, 0.1) is 0 Å². The number of likely N-dealkylation sites (N-methyl/N-ethyl adjacent to an activating group) is 1. The third-order valence-corrected chi connectivity index (χ3v) is 6.23. The number of para-hydroxylation sites is 1. The first-order valence-electron chi connectivity index (χ1n) is 9.50. The monoisotopic (exact) mass is 459 g/mol. The lowest BCUT2D eigenvalue weighted by Crippen LogP contribution is -2.37. The van der Waals surface area contributed by atoms with Crippen LogP contribution in [0.5, 0.6) is 0 Å². The van der Waals surface area contributed by atoms with Crippen LogP contribution in [-0.2, 0) is 11.2 Å². The molecule has 0 N–H and O–H groups in total. The summed E-state index contributed by atoms with van der Waals surface area (Å²) in [5.74, 6) is 0.0402. The van der Waals surface area contributed by atoms with E-state index in [0.29, 0.717) is 23.1 Å². The van der Waals surface area contributed by atoms with E-state index in [1.807, 2.05) is 56.6 Å². The van der Waals surface area contributed by atoms with Crippen LogP contribution in [0.3, 0.4) is 0 Å². The van der Waals surface area contributed by atoms with Gasteiger partial charge in [0.1, 0.15) is 5.52 Å². The Balaban J connectivity index is 0.00000256. The average Bonchev–Trinajstić information content (AvgIpc) is 3.13. The maximum absolute atomic E-state index is 13.4. The molecule has 0 aliphatic rings. The Morgan fingerprint density at radius 1 is 1.00 bits per heavy atom. The minimum Gasteiger partial charge on any atom is -0.308 e. The summed E-state index contributed by atoms with van der Waals surface area (Å²) >= 11 is 7.81. The second-order valence-electron chi connectivity index (χ2n) is 7.25. The maximum Gasteiger partial charge on any atom is 0.233 e. The lowest BCUT2D eigenvalue weighted by atomic mass is 10.0. The smallest absolute Gasteiger partial charge is 0.233 e. The van der Waals surface area contributed by atoms with E-state index in [-0.39, 0.29) is 18.3 Å². The Labute approximate surface area is 191 Å². The number of halogens is 2. The summed E-state index contributed by atoms with van der Waals surface area (Å²) in [7, 11) is 4.01. The van der Waals surface area contributed by atoms with E-state index in [4.69, 9.17) is 11.6 Å². The van der Waals surface area contributed by atoms with Gasteiger partial charge in [-0.05, 0) is 42.6 Å². The predicted octanol–water partition coefficient (Wildman–Crippen LogP) is 5.66. The number of anilines is 1. The van der Waals surface area contributed by atoms with Crippen LogP contribution < -0.4 is 4.90 Å². The summed E-state index contributed by atoms with van der Waals surface area (Å²) < 4.78 is 0.986. The normalized spacial score (nSPS) is 11.1. The number of nitrogens with zero attached hydrogens (tertiary/aromatic N) is 3. The maximum atomic E-state index is 13.4. The van der Waals surface area contributed by atoms with Crippen molar-refractivity contribution in [1.29, 1.82) is 0 Å². The number of hydrogen-bond donors (Lipinski definition) is 0. The molecule has 1 amide bonds. The summed E-state index contributed by atoms with van der Waals surface area (Å²) in [6.07, 6.45) is 0.332. The summed E-state index contributed by atoms with van der Waals surface area (Å²) in [4.78, 5) is 21.9. The highest BCUT2D eigenvalue weighted by atomic mass is 35.5. The zero-order valence-electron chi connectivity index (χ0n) is 16.8. The van der Waals surface area contributed by atoms with Crippen molar-refractivity contribution in [2.75, 3.05) is 32.1 Å². The lowest BCUT2D eigenvalue weighted by molar-refractivity contribution is -0.118. The van der Waals surface area contributed by atoms with Gasteiger partial charge in [-0.15, -0.1) is 12.4 Å². The molecular formula is C23H23Cl2N3OS. The van der Waals surface area contributed by atoms with E-state index >= 15 is 0 Å². The molecule has 1 aromatic heterocycles. The highest BCUT2D eigenvalue weighted by molar-refractivity contribution is 7.22. The van der Waals surface area contributed by atoms with Gasteiger partial charge in [-0.25, -0.2) is 4.98 Å². The summed E-state index contributed by atoms with van der Waals surface area (Å²) in [6.45, 7) is 1.33. The van der Waals surface area contributed by atoms with Crippen molar-refractivity contribution in [2.45, 2.75) is 6.42 Å². The first kappa shape index (κ1) is 22.5. The highest BCUT2D eigenvalue weighted by Gasteiger charge is 2.21. The molecule has 0 aliphatic carbocycles. The highest BCUT2D eigenvalue weighted by Crippen LogP contribution is 2.33. The van der Waals surface area contributed by atoms with Crippen LogP contribution in [0.15, 0.2) is 60.7 Å². The molecule has 156 valence electrons. The fraction of sp³-hybridized carbons (Fsp3) is 0.217. The van der Waals surface area contributed by atoms with Crippen molar-refractivity contribution in [3.8, 4) is 0 Å². The summed E-state index contributed by atoms with van der Waals surface area (Å²) in [5, 5.41) is 3.56. The van der Waals surface area contributed by atoms with Gasteiger partial charge >= 0.3 is 0 Å². The van der Waals surface area contributed by atoms with E-state index in [1.54, 1.807) is 4.90 Å². The minimum atomic E-state index is 0. The van der Waals surface area contributed by atoms with Crippen molar-refractivity contribution in [3.05, 3.63) is 71.2 Å². The number of carbonyl (C=O) groups is 1. The van der Waals surface area contributed by atoms with Gasteiger partial charge in [-0.2, -0.15) is 0 Å². The van der Waals surface area contributed by atoms with Crippen LogP contribution in [0.2, 0.25) is 5.02 Å². The quantitative estimate of drug-likeness (QED) is 0.373. The molecule has 4 rings (SSSR count). The molecule has 3 aromatic carbocycles. The molecular weight excluding hydrogens is 437 g/mol. The molecule has 4 aromatic rings.